The van der Waals surface area contributed by atoms with Gasteiger partial charge in [-0.2, -0.15) is 0 Å². The van der Waals surface area contributed by atoms with Crippen molar-refractivity contribution in [1.82, 2.24) is 9.55 Å². The average Bonchev–Trinajstić information content (AvgIpc) is 3.10. The van der Waals surface area contributed by atoms with Crippen LogP contribution < -0.4 is 5.32 Å². The Balaban J connectivity index is 1.34. The molecular weight excluding hydrogens is 390 g/mol. The Kier molecular flexibility index (Phi) is 4.89. The fourth-order valence-electron chi connectivity index (χ4n) is 3.94. The zero-order chi connectivity index (χ0) is 20.5. The van der Waals surface area contributed by atoms with Gasteiger partial charge in [0.1, 0.15) is 0 Å². The van der Waals surface area contributed by atoms with Gasteiger partial charge >= 0.3 is 0 Å². The Morgan fingerprint density at radius 1 is 0.933 bits per heavy atom. The topological polar surface area (TPSA) is 46.9 Å². The van der Waals surface area contributed by atoms with Crippen LogP contribution >= 0.6 is 11.8 Å². The van der Waals surface area contributed by atoms with Crippen LogP contribution in [0.1, 0.15) is 6.92 Å². The number of nitrogens with zero attached hydrogens (tertiary/aromatic N) is 2. The van der Waals surface area contributed by atoms with Crippen LogP contribution in [0.25, 0.3) is 32.7 Å². The van der Waals surface area contributed by atoms with Crippen molar-refractivity contribution in [1.29, 1.82) is 0 Å². The largest absolute Gasteiger partial charge is 0.341 e. The molecule has 0 bridgehead atoms. The first-order valence-electron chi connectivity index (χ1n) is 10.0. The Hall–Kier alpha value is -3.31. The van der Waals surface area contributed by atoms with Crippen molar-refractivity contribution >= 4 is 56.1 Å². The number of thioether (sulfide) groups is 1. The van der Waals surface area contributed by atoms with Crippen LogP contribution in [-0.2, 0) is 11.3 Å². The molecule has 0 atom stereocenters. The predicted molar refractivity (Wildman–Crippen MR) is 126 cm³/mol. The Morgan fingerprint density at radius 3 is 2.63 bits per heavy atom. The van der Waals surface area contributed by atoms with E-state index in [1.807, 2.05) is 42.5 Å². The van der Waals surface area contributed by atoms with E-state index in [0.29, 0.717) is 5.75 Å². The molecule has 3 aromatic carbocycles. The number of aromatic nitrogens is 2. The summed E-state index contributed by atoms with van der Waals surface area (Å²) in [7, 11) is 0. The van der Waals surface area contributed by atoms with Crippen molar-refractivity contribution in [3.8, 4) is 0 Å². The summed E-state index contributed by atoms with van der Waals surface area (Å²) in [5.41, 5.74) is 4.17. The van der Waals surface area contributed by atoms with Crippen molar-refractivity contribution < 1.29 is 4.79 Å². The Morgan fingerprint density at radius 2 is 1.73 bits per heavy atom. The van der Waals surface area contributed by atoms with Crippen LogP contribution in [0.15, 0.2) is 83.9 Å². The predicted octanol–water partition coefficient (Wildman–Crippen LogP) is 6.09. The highest BCUT2D eigenvalue weighted by Gasteiger charge is 2.11. The number of rotatable bonds is 5. The summed E-state index contributed by atoms with van der Waals surface area (Å²) in [4.78, 5) is 17.2. The molecule has 0 spiro atoms. The number of benzene rings is 3. The summed E-state index contributed by atoms with van der Waals surface area (Å²) >= 11 is 1.45. The normalized spacial score (nSPS) is 11.4. The zero-order valence-electron chi connectivity index (χ0n) is 16.6. The molecule has 0 saturated carbocycles. The summed E-state index contributed by atoms with van der Waals surface area (Å²) in [5, 5.41) is 7.36. The minimum Gasteiger partial charge on any atom is -0.341 e. The lowest BCUT2D eigenvalue weighted by molar-refractivity contribution is -0.113. The number of amides is 1. The Bertz CT molecular complexity index is 1390. The lowest BCUT2D eigenvalue weighted by Crippen LogP contribution is -2.14. The number of fused-ring (bicyclic) bond motifs is 4. The van der Waals surface area contributed by atoms with Gasteiger partial charge in [-0.05, 0) is 43.3 Å². The fraction of sp³-hybridized carbons (Fsp3) is 0.120. The van der Waals surface area contributed by atoms with Gasteiger partial charge in [0.15, 0.2) is 0 Å². The summed E-state index contributed by atoms with van der Waals surface area (Å²) in [6.45, 7) is 3.06. The fourth-order valence-corrected chi connectivity index (χ4v) is 4.61. The van der Waals surface area contributed by atoms with Gasteiger partial charge in [0.2, 0.25) is 5.91 Å². The first-order chi connectivity index (χ1) is 14.7. The van der Waals surface area contributed by atoms with E-state index in [2.05, 4.69) is 58.2 Å². The summed E-state index contributed by atoms with van der Waals surface area (Å²) in [5.74, 6) is 0.286. The van der Waals surface area contributed by atoms with Gasteiger partial charge in [-0.25, -0.2) is 4.98 Å². The van der Waals surface area contributed by atoms with E-state index < -0.39 is 0 Å². The molecule has 5 heteroatoms. The number of para-hydroxylation sites is 2. The van der Waals surface area contributed by atoms with Crippen LogP contribution in [0.5, 0.6) is 0 Å². The second kappa shape index (κ2) is 7.84. The maximum absolute atomic E-state index is 12.5. The maximum atomic E-state index is 12.5. The quantitative estimate of drug-likeness (QED) is 0.356. The second-order valence-electron chi connectivity index (χ2n) is 7.17. The van der Waals surface area contributed by atoms with Gasteiger partial charge in [0.25, 0.3) is 0 Å². The minimum absolute atomic E-state index is 0.0338. The standard InChI is InChI=1S/C25H21N3OS/c1-2-28-22-10-6-4-8-19(22)20-15-18(12-13-23(20)28)26-24(29)16-30-25-14-11-17-7-3-5-9-21(17)27-25/h3-15H,2,16H2,1H3,(H,26,29). The van der Waals surface area contributed by atoms with E-state index in [9.17, 15) is 4.79 Å². The van der Waals surface area contributed by atoms with Crippen molar-refractivity contribution in [3.05, 3.63) is 78.9 Å². The van der Waals surface area contributed by atoms with Crippen LogP contribution in [-0.4, -0.2) is 21.2 Å². The van der Waals surface area contributed by atoms with Crippen LogP contribution in [0.4, 0.5) is 5.69 Å². The molecule has 0 unspecified atom stereocenters. The monoisotopic (exact) mass is 411 g/mol. The lowest BCUT2D eigenvalue weighted by atomic mass is 10.1. The van der Waals surface area contributed by atoms with Crippen molar-refractivity contribution in [2.45, 2.75) is 18.5 Å². The average molecular weight is 412 g/mol. The highest BCUT2D eigenvalue weighted by atomic mass is 32.2. The Labute approximate surface area is 178 Å². The number of hydrogen-bond donors (Lipinski definition) is 1. The number of carbonyl (C=O) groups excluding carboxylic acids is 1. The van der Waals surface area contributed by atoms with Crippen molar-refractivity contribution in [2.24, 2.45) is 0 Å². The molecule has 2 heterocycles. The van der Waals surface area contributed by atoms with Gasteiger partial charge < -0.3 is 9.88 Å². The molecular formula is C25H21N3OS. The summed E-state index contributed by atoms with van der Waals surface area (Å²) in [6.07, 6.45) is 0. The first kappa shape index (κ1) is 18.7. The molecule has 0 aliphatic heterocycles. The van der Waals surface area contributed by atoms with E-state index in [0.717, 1.165) is 33.5 Å². The van der Waals surface area contributed by atoms with E-state index in [-0.39, 0.29) is 5.91 Å². The number of nitrogens with one attached hydrogen (secondary N) is 1. The zero-order valence-corrected chi connectivity index (χ0v) is 17.4. The summed E-state index contributed by atoms with van der Waals surface area (Å²) < 4.78 is 2.30. The number of hydrogen-bond acceptors (Lipinski definition) is 3. The van der Waals surface area contributed by atoms with Crippen molar-refractivity contribution in [2.75, 3.05) is 11.1 Å². The molecule has 1 amide bonds. The van der Waals surface area contributed by atoms with E-state index >= 15 is 0 Å². The van der Waals surface area contributed by atoms with E-state index in [1.54, 1.807) is 0 Å². The van der Waals surface area contributed by atoms with Gasteiger partial charge in [-0.15, -0.1) is 0 Å². The molecule has 0 aliphatic carbocycles. The molecule has 30 heavy (non-hydrogen) atoms. The van der Waals surface area contributed by atoms with Gasteiger partial charge in [-0.1, -0.05) is 54.2 Å². The molecule has 0 radical (unpaired) electrons. The van der Waals surface area contributed by atoms with Gasteiger partial charge in [0.05, 0.1) is 16.3 Å². The molecule has 148 valence electrons. The molecule has 5 aromatic rings. The molecule has 0 saturated heterocycles. The first-order valence-corrected chi connectivity index (χ1v) is 11.0. The van der Waals surface area contributed by atoms with Gasteiger partial charge in [0, 0.05) is 39.4 Å². The number of aryl methyl sites for hydroxylation is 1. The summed E-state index contributed by atoms with van der Waals surface area (Å²) in [6, 6.07) is 26.5. The molecule has 1 N–H and O–H groups in total. The van der Waals surface area contributed by atoms with Crippen molar-refractivity contribution in [3.63, 3.8) is 0 Å². The highest BCUT2D eigenvalue weighted by Crippen LogP contribution is 2.31. The minimum atomic E-state index is -0.0338. The lowest BCUT2D eigenvalue weighted by Gasteiger charge is -2.07. The molecule has 5 rings (SSSR count). The van der Waals surface area contributed by atoms with Crippen LogP contribution in [0.3, 0.4) is 0 Å². The number of anilines is 1. The number of carbonyl (C=O) groups is 1. The third-order valence-corrected chi connectivity index (χ3v) is 6.23. The third-order valence-electron chi connectivity index (χ3n) is 5.30. The maximum Gasteiger partial charge on any atom is 0.234 e. The highest BCUT2D eigenvalue weighted by molar-refractivity contribution is 7.99. The van der Waals surface area contributed by atoms with Gasteiger partial charge in [-0.3, -0.25) is 4.79 Å². The molecule has 0 aliphatic rings. The molecule has 4 nitrogen and oxygen atoms in total. The van der Waals surface area contributed by atoms with E-state index in [4.69, 9.17) is 0 Å². The third kappa shape index (κ3) is 3.42. The SMILES string of the molecule is CCn1c2ccccc2c2cc(NC(=O)CSc3ccc4ccccc4n3)ccc21. The van der Waals surface area contributed by atoms with E-state index in [1.165, 1.54) is 28.2 Å². The van der Waals surface area contributed by atoms with Crippen LogP contribution in [0.2, 0.25) is 0 Å². The second-order valence-corrected chi connectivity index (χ2v) is 8.17. The molecule has 2 aromatic heterocycles. The molecule has 0 fully saturated rings. The van der Waals surface area contributed by atoms with Crippen LogP contribution in [0, 0.1) is 0 Å². The number of pyridine rings is 1. The smallest absolute Gasteiger partial charge is 0.234 e.